The average Bonchev–Trinajstić information content (AvgIpc) is 2.43. The first-order valence-electron chi connectivity index (χ1n) is 4.41. The quantitative estimate of drug-likeness (QED) is 0.351. The number of aliphatic carboxylic acids is 1. The van der Waals surface area contributed by atoms with Crippen molar-refractivity contribution in [2.75, 3.05) is 6.61 Å². The molecule has 0 amide bonds. The molecule has 7 nitrogen and oxygen atoms in total. The van der Waals surface area contributed by atoms with Gasteiger partial charge in [-0.05, 0) is 6.92 Å². The maximum absolute atomic E-state index is 10.8. The van der Waals surface area contributed by atoms with E-state index in [1.807, 2.05) is 0 Å². The molecule has 5 N–H and O–H groups in total. The summed E-state index contributed by atoms with van der Waals surface area (Å²) in [7, 11) is 0. The van der Waals surface area contributed by atoms with E-state index in [0.29, 0.717) is 0 Å². The maximum Gasteiger partial charge on any atom is 0.338 e. The second-order valence-electron chi connectivity index (χ2n) is 3.68. The highest BCUT2D eigenvalue weighted by molar-refractivity contribution is 5.78. The van der Waals surface area contributed by atoms with Crippen molar-refractivity contribution in [2.24, 2.45) is 0 Å². The van der Waals surface area contributed by atoms with Crippen molar-refractivity contribution < 1.29 is 35.1 Å². The van der Waals surface area contributed by atoms with Crippen LogP contribution in [0.15, 0.2) is 0 Å². The van der Waals surface area contributed by atoms with Crippen LogP contribution in [0.2, 0.25) is 0 Å². The van der Waals surface area contributed by atoms with Gasteiger partial charge in [0.05, 0.1) is 6.61 Å². The summed E-state index contributed by atoms with van der Waals surface area (Å²) in [5.74, 6) is -1.44. The number of aliphatic hydroxyl groups excluding tert-OH is 4. The Morgan fingerprint density at radius 1 is 1.53 bits per heavy atom. The number of carboxylic acids is 1. The van der Waals surface area contributed by atoms with Crippen molar-refractivity contribution in [3.05, 3.63) is 0 Å². The first kappa shape index (κ1) is 12.3. The summed E-state index contributed by atoms with van der Waals surface area (Å²) in [4.78, 5) is 10.8. The van der Waals surface area contributed by atoms with Crippen molar-refractivity contribution in [1.82, 2.24) is 0 Å². The SMILES string of the molecule is CC1(C(=O)O)O[C@H]([C@H](O)CO)[C@H](O)C1O. The van der Waals surface area contributed by atoms with Gasteiger partial charge >= 0.3 is 5.97 Å². The molecule has 0 saturated carbocycles. The molecule has 1 rings (SSSR count). The van der Waals surface area contributed by atoms with Gasteiger partial charge in [-0.25, -0.2) is 4.79 Å². The van der Waals surface area contributed by atoms with E-state index in [9.17, 15) is 20.1 Å². The van der Waals surface area contributed by atoms with Crippen LogP contribution in [0.3, 0.4) is 0 Å². The predicted molar refractivity (Wildman–Crippen MR) is 46.0 cm³/mol. The minimum atomic E-state index is -1.97. The molecule has 88 valence electrons. The molecule has 5 atom stereocenters. The number of hydrogen-bond donors (Lipinski definition) is 5. The van der Waals surface area contributed by atoms with Crippen LogP contribution in [0.4, 0.5) is 0 Å². The maximum atomic E-state index is 10.8. The topological polar surface area (TPSA) is 127 Å². The Morgan fingerprint density at radius 2 is 2.07 bits per heavy atom. The van der Waals surface area contributed by atoms with Gasteiger partial charge in [-0.2, -0.15) is 0 Å². The van der Waals surface area contributed by atoms with E-state index >= 15 is 0 Å². The number of ether oxygens (including phenoxy) is 1. The molecule has 0 aromatic heterocycles. The Morgan fingerprint density at radius 3 is 2.40 bits per heavy atom. The lowest BCUT2D eigenvalue weighted by Crippen LogP contribution is -2.47. The van der Waals surface area contributed by atoms with E-state index in [0.717, 1.165) is 6.92 Å². The van der Waals surface area contributed by atoms with Crippen molar-refractivity contribution in [3.63, 3.8) is 0 Å². The third-order valence-electron chi connectivity index (χ3n) is 2.60. The fourth-order valence-electron chi connectivity index (χ4n) is 1.51. The zero-order chi connectivity index (χ0) is 11.8. The van der Waals surface area contributed by atoms with Crippen LogP contribution in [-0.2, 0) is 9.53 Å². The summed E-state index contributed by atoms with van der Waals surface area (Å²) < 4.78 is 4.88. The summed E-state index contributed by atoms with van der Waals surface area (Å²) in [5.41, 5.74) is -1.97. The van der Waals surface area contributed by atoms with E-state index in [-0.39, 0.29) is 0 Å². The lowest BCUT2D eigenvalue weighted by molar-refractivity contribution is -0.174. The van der Waals surface area contributed by atoms with E-state index in [4.69, 9.17) is 14.9 Å². The zero-order valence-corrected chi connectivity index (χ0v) is 8.07. The second kappa shape index (κ2) is 4.03. The third kappa shape index (κ3) is 1.84. The van der Waals surface area contributed by atoms with Crippen molar-refractivity contribution in [1.29, 1.82) is 0 Å². The largest absolute Gasteiger partial charge is 0.479 e. The zero-order valence-electron chi connectivity index (χ0n) is 8.07. The highest BCUT2D eigenvalue weighted by Crippen LogP contribution is 2.32. The van der Waals surface area contributed by atoms with Crippen molar-refractivity contribution in [3.8, 4) is 0 Å². The van der Waals surface area contributed by atoms with Gasteiger partial charge in [-0.3, -0.25) is 0 Å². The number of carboxylic acid groups (broad SMARTS) is 1. The molecule has 1 heterocycles. The van der Waals surface area contributed by atoms with E-state index in [2.05, 4.69) is 0 Å². The molecule has 1 saturated heterocycles. The number of rotatable bonds is 3. The van der Waals surface area contributed by atoms with Crippen molar-refractivity contribution in [2.45, 2.75) is 36.9 Å². The highest BCUT2D eigenvalue weighted by Gasteiger charge is 2.57. The molecule has 0 bridgehead atoms. The Hall–Kier alpha value is -0.730. The second-order valence-corrected chi connectivity index (χ2v) is 3.68. The van der Waals surface area contributed by atoms with E-state index in [1.165, 1.54) is 0 Å². The van der Waals surface area contributed by atoms with Gasteiger partial charge in [0.1, 0.15) is 24.4 Å². The van der Waals surface area contributed by atoms with Gasteiger partial charge < -0.3 is 30.3 Å². The minimum absolute atomic E-state index is 0.690. The van der Waals surface area contributed by atoms with E-state index < -0.39 is 42.6 Å². The molecule has 1 aliphatic heterocycles. The predicted octanol–water partition coefficient (Wildman–Crippen LogP) is -2.70. The minimum Gasteiger partial charge on any atom is -0.479 e. The summed E-state index contributed by atoms with van der Waals surface area (Å²) in [6.07, 6.45) is -5.95. The fourth-order valence-corrected chi connectivity index (χ4v) is 1.51. The standard InChI is InChI=1S/C8H14O7/c1-8(7(13)14)6(12)4(11)5(15-8)3(10)2-9/h3-6,9-12H,2H2,1H3,(H,13,14)/t3-,4+,5-,6?,8?/m1/s1. The van der Waals surface area contributed by atoms with Crippen LogP contribution < -0.4 is 0 Å². The first-order valence-corrected chi connectivity index (χ1v) is 4.41. The highest BCUT2D eigenvalue weighted by atomic mass is 16.6. The Labute approximate surface area is 85.5 Å². The van der Waals surface area contributed by atoms with Gasteiger partial charge in [-0.15, -0.1) is 0 Å². The molecule has 0 radical (unpaired) electrons. The molecule has 0 spiro atoms. The van der Waals surface area contributed by atoms with Crippen LogP contribution in [-0.4, -0.2) is 68.1 Å². The number of carbonyl (C=O) groups is 1. The van der Waals surface area contributed by atoms with Gasteiger partial charge in [0, 0.05) is 0 Å². The Kier molecular flexibility index (Phi) is 3.31. The molecular weight excluding hydrogens is 208 g/mol. The van der Waals surface area contributed by atoms with Crippen LogP contribution >= 0.6 is 0 Å². The average molecular weight is 222 g/mol. The summed E-state index contributed by atoms with van der Waals surface area (Å²) in [5, 5.41) is 45.5. The monoisotopic (exact) mass is 222 g/mol. The normalized spacial score (nSPS) is 42.9. The van der Waals surface area contributed by atoms with Gasteiger partial charge in [-0.1, -0.05) is 0 Å². The molecule has 1 aliphatic rings. The summed E-state index contributed by atoms with van der Waals surface area (Å²) in [6, 6.07) is 0. The van der Waals surface area contributed by atoms with Crippen LogP contribution in [0, 0.1) is 0 Å². The van der Waals surface area contributed by atoms with Crippen LogP contribution in [0.25, 0.3) is 0 Å². The fraction of sp³-hybridized carbons (Fsp3) is 0.875. The van der Waals surface area contributed by atoms with Gasteiger partial charge in [0.15, 0.2) is 5.60 Å². The molecule has 0 aliphatic carbocycles. The molecule has 0 aromatic rings. The van der Waals surface area contributed by atoms with Gasteiger partial charge in [0.25, 0.3) is 0 Å². The van der Waals surface area contributed by atoms with Crippen LogP contribution in [0.5, 0.6) is 0 Å². The van der Waals surface area contributed by atoms with Gasteiger partial charge in [0.2, 0.25) is 0 Å². The summed E-state index contributed by atoms with van der Waals surface area (Å²) >= 11 is 0. The molecule has 15 heavy (non-hydrogen) atoms. The molecular formula is C8H14O7. The third-order valence-corrected chi connectivity index (χ3v) is 2.60. The molecule has 1 fully saturated rings. The number of aliphatic hydroxyl groups is 4. The summed E-state index contributed by atoms with van der Waals surface area (Å²) in [6.45, 7) is 0.400. The lowest BCUT2D eigenvalue weighted by Gasteiger charge is -2.22. The molecule has 0 aromatic carbocycles. The van der Waals surface area contributed by atoms with E-state index in [1.54, 1.807) is 0 Å². The Balaban J connectivity index is 2.89. The van der Waals surface area contributed by atoms with Crippen molar-refractivity contribution >= 4 is 5.97 Å². The molecule has 2 unspecified atom stereocenters. The Bertz CT molecular complexity index is 255. The smallest absolute Gasteiger partial charge is 0.338 e. The van der Waals surface area contributed by atoms with Crippen LogP contribution in [0.1, 0.15) is 6.92 Å². The first-order chi connectivity index (χ1) is 6.84. The molecule has 7 heteroatoms. The number of hydrogen-bond acceptors (Lipinski definition) is 6. The lowest BCUT2D eigenvalue weighted by atomic mass is 9.96.